The number of fused-ring (bicyclic) bond motifs is 2. The van der Waals surface area contributed by atoms with Crippen LogP contribution < -0.4 is 5.69 Å². The van der Waals surface area contributed by atoms with Crippen molar-refractivity contribution in [2.45, 2.75) is 25.7 Å². The van der Waals surface area contributed by atoms with Crippen molar-refractivity contribution in [3.8, 4) is 0 Å². The van der Waals surface area contributed by atoms with E-state index in [0.29, 0.717) is 0 Å². The van der Waals surface area contributed by atoms with Gasteiger partial charge < -0.3 is 15.0 Å². The minimum absolute atomic E-state index is 0.0815. The molecule has 0 saturated carbocycles. The molecule has 0 aliphatic heterocycles. The Hall–Kier alpha value is -2.30. The number of imidazole rings is 2. The molecule has 0 unspecified atom stereocenters. The van der Waals surface area contributed by atoms with E-state index >= 15 is 0 Å². The molecule has 0 radical (unpaired) electrons. The first kappa shape index (κ1) is 11.8. The number of aromatic nitrogens is 4. The highest BCUT2D eigenvalue weighted by Crippen LogP contribution is 2.27. The van der Waals surface area contributed by atoms with Gasteiger partial charge in [-0.05, 0) is 18.6 Å². The number of hydrogen-bond acceptors (Lipinski definition) is 2. The van der Waals surface area contributed by atoms with Crippen LogP contribution >= 0.6 is 0 Å². The first-order valence-corrected chi connectivity index (χ1v) is 6.23. The summed E-state index contributed by atoms with van der Waals surface area (Å²) >= 11 is 0. The highest BCUT2D eigenvalue weighted by atomic mass is 16.1. The van der Waals surface area contributed by atoms with Crippen LogP contribution in [-0.2, 0) is 5.41 Å². The average molecular weight is 256 g/mol. The second-order valence-electron chi connectivity index (χ2n) is 5.46. The zero-order valence-corrected chi connectivity index (χ0v) is 11.0. The molecule has 1 aromatic carbocycles. The Morgan fingerprint density at radius 1 is 1.21 bits per heavy atom. The zero-order chi connectivity index (χ0) is 13.6. The minimum atomic E-state index is -0.199. The molecule has 0 fully saturated rings. The molecule has 3 N–H and O–H groups in total. The van der Waals surface area contributed by atoms with Crippen LogP contribution in [0.15, 0.2) is 29.6 Å². The molecule has 0 aliphatic carbocycles. The predicted octanol–water partition coefficient (Wildman–Crippen LogP) is 2.59. The third kappa shape index (κ3) is 1.87. The molecule has 3 rings (SSSR count). The van der Waals surface area contributed by atoms with E-state index < -0.39 is 0 Å². The van der Waals surface area contributed by atoms with E-state index in [1.54, 1.807) is 0 Å². The average Bonchev–Trinajstić information content (AvgIpc) is 2.86. The smallest absolute Gasteiger partial charge is 0.323 e. The third-order valence-electron chi connectivity index (χ3n) is 3.41. The standard InChI is InChI=1S/C14H16N4O/c1-4-5-14(2,3)12-15-8-6-10-11(7-9(8)16-12)18-13(19)17-10/h4,6-7H,1,5H2,2-3H3,(H,15,16)(H2,17,18,19). The van der Waals surface area contributed by atoms with Gasteiger partial charge >= 0.3 is 5.69 Å². The third-order valence-corrected chi connectivity index (χ3v) is 3.41. The molecule has 5 heteroatoms. The molecule has 0 bridgehead atoms. The molecule has 5 nitrogen and oxygen atoms in total. The molecule has 3 aromatic rings. The predicted molar refractivity (Wildman–Crippen MR) is 76.4 cm³/mol. The van der Waals surface area contributed by atoms with Crippen LogP contribution in [0.25, 0.3) is 22.1 Å². The maximum absolute atomic E-state index is 11.2. The van der Waals surface area contributed by atoms with Crippen LogP contribution in [-0.4, -0.2) is 19.9 Å². The first-order valence-electron chi connectivity index (χ1n) is 6.23. The summed E-state index contributed by atoms with van der Waals surface area (Å²) in [7, 11) is 0. The van der Waals surface area contributed by atoms with Gasteiger partial charge in [0.25, 0.3) is 0 Å². The molecule has 0 spiro atoms. The number of hydrogen-bond donors (Lipinski definition) is 3. The van der Waals surface area contributed by atoms with Crippen LogP contribution in [0.3, 0.4) is 0 Å². The van der Waals surface area contributed by atoms with Crippen molar-refractivity contribution < 1.29 is 0 Å². The van der Waals surface area contributed by atoms with Gasteiger partial charge in [-0.25, -0.2) is 9.78 Å². The highest BCUT2D eigenvalue weighted by molar-refractivity contribution is 5.91. The zero-order valence-electron chi connectivity index (χ0n) is 11.0. The normalized spacial score (nSPS) is 12.3. The number of H-pyrrole nitrogens is 3. The summed E-state index contributed by atoms with van der Waals surface area (Å²) in [4.78, 5) is 24.7. The summed E-state index contributed by atoms with van der Waals surface area (Å²) in [6.07, 6.45) is 2.75. The lowest BCUT2D eigenvalue weighted by Crippen LogP contribution is -2.17. The summed E-state index contributed by atoms with van der Waals surface area (Å²) in [5.41, 5.74) is 3.06. The lowest BCUT2D eigenvalue weighted by molar-refractivity contribution is 0.504. The SMILES string of the molecule is C=CCC(C)(C)c1nc2cc3[nH]c(=O)[nH]c3cc2[nH]1. The lowest BCUT2D eigenvalue weighted by atomic mass is 9.89. The summed E-state index contributed by atoms with van der Waals surface area (Å²) in [5, 5.41) is 0. The molecule has 2 heterocycles. The summed E-state index contributed by atoms with van der Waals surface area (Å²) in [6.45, 7) is 8.04. The van der Waals surface area contributed by atoms with Crippen LogP contribution in [0.1, 0.15) is 26.1 Å². The van der Waals surface area contributed by atoms with E-state index in [1.807, 2.05) is 18.2 Å². The van der Waals surface area contributed by atoms with Gasteiger partial charge in [-0.1, -0.05) is 19.9 Å². The van der Waals surface area contributed by atoms with E-state index in [9.17, 15) is 4.79 Å². The van der Waals surface area contributed by atoms with Crippen LogP contribution in [0.5, 0.6) is 0 Å². The van der Waals surface area contributed by atoms with E-state index in [1.165, 1.54) is 0 Å². The van der Waals surface area contributed by atoms with Gasteiger partial charge in [0.1, 0.15) is 5.82 Å². The number of benzene rings is 1. The number of nitrogens with zero attached hydrogens (tertiary/aromatic N) is 1. The lowest BCUT2D eigenvalue weighted by Gasteiger charge is -2.19. The van der Waals surface area contributed by atoms with Crippen LogP contribution in [0.4, 0.5) is 0 Å². The molecule has 2 aromatic heterocycles. The largest absolute Gasteiger partial charge is 0.341 e. The summed E-state index contributed by atoms with van der Waals surface area (Å²) in [6, 6.07) is 3.79. The minimum Gasteiger partial charge on any atom is -0.341 e. The number of allylic oxidation sites excluding steroid dienone is 1. The Kier molecular flexibility index (Phi) is 2.38. The Bertz CT molecular complexity index is 765. The Morgan fingerprint density at radius 2 is 1.89 bits per heavy atom. The molecule has 0 aliphatic rings. The van der Waals surface area contributed by atoms with E-state index in [-0.39, 0.29) is 11.1 Å². The molecule has 19 heavy (non-hydrogen) atoms. The summed E-state index contributed by atoms with van der Waals surface area (Å²) < 4.78 is 0. The monoisotopic (exact) mass is 256 g/mol. The topological polar surface area (TPSA) is 77.3 Å². The van der Waals surface area contributed by atoms with Crippen LogP contribution in [0.2, 0.25) is 0 Å². The van der Waals surface area contributed by atoms with Gasteiger partial charge in [0.05, 0.1) is 22.1 Å². The fraction of sp³-hybridized carbons (Fsp3) is 0.286. The molecular weight excluding hydrogens is 240 g/mol. The van der Waals surface area contributed by atoms with Gasteiger partial charge in [-0.15, -0.1) is 6.58 Å². The van der Waals surface area contributed by atoms with Gasteiger partial charge in [0.15, 0.2) is 0 Å². The van der Waals surface area contributed by atoms with Crippen molar-refractivity contribution in [1.29, 1.82) is 0 Å². The number of aromatic amines is 3. The van der Waals surface area contributed by atoms with Crippen molar-refractivity contribution in [3.05, 3.63) is 41.1 Å². The van der Waals surface area contributed by atoms with Gasteiger partial charge in [0, 0.05) is 5.41 Å². The second kappa shape index (κ2) is 3.85. The highest BCUT2D eigenvalue weighted by Gasteiger charge is 2.23. The fourth-order valence-electron chi connectivity index (χ4n) is 2.32. The van der Waals surface area contributed by atoms with E-state index in [4.69, 9.17) is 0 Å². The van der Waals surface area contributed by atoms with Crippen molar-refractivity contribution in [1.82, 2.24) is 19.9 Å². The van der Waals surface area contributed by atoms with Crippen molar-refractivity contribution in [3.63, 3.8) is 0 Å². The Balaban J connectivity index is 2.20. The van der Waals surface area contributed by atoms with Gasteiger partial charge in [-0.2, -0.15) is 0 Å². The molecule has 98 valence electrons. The number of nitrogens with one attached hydrogen (secondary N) is 3. The van der Waals surface area contributed by atoms with Crippen molar-refractivity contribution in [2.75, 3.05) is 0 Å². The van der Waals surface area contributed by atoms with Crippen molar-refractivity contribution in [2.24, 2.45) is 0 Å². The quantitative estimate of drug-likeness (QED) is 0.630. The van der Waals surface area contributed by atoms with E-state index in [0.717, 1.165) is 34.3 Å². The molecule has 0 atom stereocenters. The summed E-state index contributed by atoms with van der Waals surface area (Å²) in [5.74, 6) is 0.928. The first-order chi connectivity index (χ1) is 8.99. The second-order valence-corrected chi connectivity index (χ2v) is 5.46. The van der Waals surface area contributed by atoms with Crippen LogP contribution in [0, 0.1) is 0 Å². The van der Waals surface area contributed by atoms with Gasteiger partial charge in [0.2, 0.25) is 0 Å². The van der Waals surface area contributed by atoms with Crippen molar-refractivity contribution >= 4 is 22.1 Å². The Labute approximate surface area is 109 Å². The maximum atomic E-state index is 11.2. The maximum Gasteiger partial charge on any atom is 0.323 e. The fourth-order valence-corrected chi connectivity index (χ4v) is 2.32. The van der Waals surface area contributed by atoms with E-state index in [2.05, 4.69) is 40.4 Å². The Morgan fingerprint density at radius 3 is 2.58 bits per heavy atom. The molecule has 0 saturated heterocycles. The molecular formula is C14H16N4O. The number of rotatable bonds is 3. The molecule has 0 amide bonds. The van der Waals surface area contributed by atoms with Gasteiger partial charge in [-0.3, -0.25) is 0 Å².